The predicted molar refractivity (Wildman–Crippen MR) is 57.7 cm³/mol. The minimum Gasteiger partial charge on any atom is -0.437 e. The van der Waals surface area contributed by atoms with E-state index in [-0.39, 0.29) is 0 Å². The number of aromatic nitrogens is 2. The Hall–Kier alpha value is -2.10. The van der Waals surface area contributed by atoms with E-state index in [1.165, 1.54) is 0 Å². The molecule has 4 nitrogen and oxygen atoms in total. The normalized spacial score (nSPS) is 9.93. The molecule has 0 aliphatic rings. The van der Waals surface area contributed by atoms with Gasteiger partial charge in [0.2, 0.25) is 5.88 Å². The zero-order chi connectivity index (χ0) is 10.7. The molecule has 0 unspecified atom stereocenters. The van der Waals surface area contributed by atoms with Crippen LogP contribution in [0.15, 0.2) is 36.8 Å². The molecule has 0 bridgehead atoms. The summed E-state index contributed by atoms with van der Waals surface area (Å²) in [7, 11) is 0. The molecular weight excluding hydrogens is 190 g/mol. The van der Waals surface area contributed by atoms with Crippen LogP contribution < -0.4 is 10.5 Å². The van der Waals surface area contributed by atoms with Crippen LogP contribution in [0, 0.1) is 6.92 Å². The fourth-order valence-corrected chi connectivity index (χ4v) is 1.14. The van der Waals surface area contributed by atoms with Gasteiger partial charge in [0, 0.05) is 24.1 Å². The lowest BCUT2D eigenvalue weighted by atomic mass is 10.2. The van der Waals surface area contributed by atoms with E-state index in [1.807, 2.05) is 19.1 Å². The van der Waals surface area contributed by atoms with Crippen LogP contribution in [0.2, 0.25) is 0 Å². The Bertz CT molecular complexity index is 457. The van der Waals surface area contributed by atoms with Gasteiger partial charge in [-0.3, -0.25) is 4.98 Å². The third kappa shape index (κ3) is 2.22. The molecular formula is C11H11N3O. The molecule has 0 aliphatic heterocycles. The van der Waals surface area contributed by atoms with Crippen LogP contribution in [0.4, 0.5) is 5.69 Å². The first-order valence-corrected chi connectivity index (χ1v) is 4.56. The predicted octanol–water partition coefficient (Wildman–Crippen LogP) is 2.16. The summed E-state index contributed by atoms with van der Waals surface area (Å²) in [6.07, 6.45) is 4.72. The molecule has 0 saturated carbocycles. The lowest BCUT2D eigenvalue weighted by Crippen LogP contribution is -1.92. The third-order valence-corrected chi connectivity index (χ3v) is 2.01. The van der Waals surface area contributed by atoms with E-state index in [4.69, 9.17) is 10.5 Å². The van der Waals surface area contributed by atoms with Crippen molar-refractivity contribution in [1.29, 1.82) is 0 Å². The van der Waals surface area contributed by atoms with Gasteiger partial charge >= 0.3 is 0 Å². The SMILES string of the molecule is Cc1ccc(Oc2cnccn2)cc1N. The molecule has 2 rings (SSSR count). The average molecular weight is 201 g/mol. The van der Waals surface area contributed by atoms with E-state index in [9.17, 15) is 0 Å². The maximum Gasteiger partial charge on any atom is 0.237 e. The summed E-state index contributed by atoms with van der Waals surface area (Å²) in [5.74, 6) is 1.12. The van der Waals surface area contributed by atoms with Gasteiger partial charge in [0.05, 0.1) is 6.20 Å². The number of ether oxygens (including phenoxy) is 1. The quantitative estimate of drug-likeness (QED) is 0.756. The summed E-state index contributed by atoms with van der Waals surface area (Å²) >= 11 is 0. The van der Waals surface area contributed by atoms with Gasteiger partial charge in [0.25, 0.3) is 0 Å². The molecule has 0 atom stereocenters. The van der Waals surface area contributed by atoms with Gasteiger partial charge in [-0.1, -0.05) is 6.07 Å². The van der Waals surface area contributed by atoms with E-state index >= 15 is 0 Å². The maximum absolute atomic E-state index is 5.76. The second-order valence-corrected chi connectivity index (χ2v) is 3.16. The summed E-state index contributed by atoms with van der Waals surface area (Å²) < 4.78 is 5.46. The van der Waals surface area contributed by atoms with E-state index in [1.54, 1.807) is 24.7 Å². The highest BCUT2D eigenvalue weighted by atomic mass is 16.5. The summed E-state index contributed by atoms with van der Waals surface area (Å²) in [4.78, 5) is 7.90. The molecule has 0 saturated heterocycles. The van der Waals surface area contributed by atoms with E-state index < -0.39 is 0 Å². The van der Waals surface area contributed by atoms with Gasteiger partial charge in [0.15, 0.2) is 0 Å². The van der Waals surface area contributed by atoms with Crippen molar-refractivity contribution in [2.24, 2.45) is 0 Å². The van der Waals surface area contributed by atoms with Crippen LogP contribution in [0.1, 0.15) is 5.56 Å². The molecule has 76 valence electrons. The van der Waals surface area contributed by atoms with Crippen molar-refractivity contribution in [3.8, 4) is 11.6 Å². The van der Waals surface area contributed by atoms with Crippen molar-refractivity contribution in [3.63, 3.8) is 0 Å². The van der Waals surface area contributed by atoms with Crippen molar-refractivity contribution >= 4 is 5.69 Å². The fourth-order valence-electron chi connectivity index (χ4n) is 1.14. The van der Waals surface area contributed by atoms with Gasteiger partial charge in [-0.15, -0.1) is 0 Å². The molecule has 0 spiro atoms. The van der Waals surface area contributed by atoms with Crippen LogP contribution in [0.25, 0.3) is 0 Å². The fraction of sp³-hybridized carbons (Fsp3) is 0.0909. The Morgan fingerprint density at radius 1 is 1.27 bits per heavy atom. The van der Waals surface area contributed by atoms with Crippen molar-refractivity contribution in [2.75, 3.05) is 5.73 Å². The number of hydrogen-bond acceptors (Lipinski definition) is 4. The molecule has 2 aromatic rings. The van der Waals surface area contributed by atoms with Crippen molar-refractivity contribution in [2.45, 2.75) is 6.92 Å². The summed E-state index contributed by atoms with van der Waals surface area (Å²) in [6, 6.07) is 5.52. The largest absolute Gasteiger partial charge is 0.437 e. The summed E-state index contributed by atoms with van der Waals surface area (Å²) in [5.41, 5.74) is 7.49. The van der Waals surface area contributed by atoms with Crippen LogP contribution in [0.3, 0.4) is 0 Å². The summed E-state index contributed by atoms with van der Waals surface area (Å²) in [6.45, 7) is 1.95. The molecule has 1 aromatic carbocycles. The standard InChI is InChI=1S/C11H11N3O/c1-8-2-3-9(6-10(8)12)15-11-7-13-4-5-14-11/h2-7H,12H2,1H3. The summed E-state index contributed by atoms with van der Waals surface area (Å²) in [5, 5.41) is 0. The zero-order valence-corrected chi connectivity index (χ0v) is 8.34. The topological polar surface area (TPSA) is 61.0 Å². The molecule has 2 N–H and O–H groups in total. The van der Waals surface area contributed by atoms with Gasteiger partial charge in [-0.05, 0) is 18.6 Å². The van der Waals surface area contributed by atoms with Gasteiger partial charge in [0.1, 0.15) is 5.75 Å². The molecule has 1 aromatic heterocycles. The number of benzene rings is 1. The number of anilines is 1. The Kier molecular flexibility index (Phi) is 2.49. The third-order valence-electron chi connectivity index (χ3n) is 2.01. The maximum atomic E-state index is 5.76. The smallest absolute Gasteiger partial charge is 0.237 e. The van der Waals surface area contributed by atoms with Crippen molar-refractivity contribution in [3.05, 3.63) is 42.4 Å². The lowest BCUT2D eigenvalue weighted by molar-refractivity contribution is 0.460. The molecule has 0 amide bonds. The molecule has 0 fully saturated rings. The minimum absolute atomic E-state index is 0.459. The number of aryl methyl sites for hydroxylation is 1. The van der Waals surface area contributed by atoms with E-state index in [0.717, 1.165) is 5.56 Å². The second-order valence-electron chi connectivity index (χ2n) is 3.16. The highest BCUT2D eigenvalue weighted by molar-refractivity contribution is 5.51. The first-order valence-electron chi connectivity index (χ1n) is 4.56. The molecule has 15 heavy (non-hydrogen) atoms. The number of rotatable bonds is 2. The monoisotopic (exact) mass is 201 g/mol. The molecule has 0 radical (unpaired) electrons. The Balaban J connectivity index is 2.22. The molecule has 1 heterocycles. The Morgan fingerprint density at radius 3 is 2.80 bits per heavy atom. The minimum atomic E-state index is 0.459. The van der Waals surface area contributed by atoms with Crippen LogP contribution in [0.5, 0.6) is 11.6 Å². The first-order chi connectivity index (χ1) is 7.25. The highest BCUT2D eigenvalue weighted by Crippen LogP contribution is 2.22. The Morgan fingerprint density at radius 2 is 2.13 bits per heavy atom. The number of nitrogens with two attached hydrogens (primary N) is 1. The number of nitrogens with zero attached hydrogens (tertiary/aromatic N) is 2. The van der Waals surface area contributed by atoms with Gasteiger partial charge < -0.3 is 10.5 Å². The molecule has 0 aliphatic carbocycles. The van der Waals surface area contributed by atoms with Crippen LogP contribution in [-0.4, -0.2) is 9.97 Å². The first kappa shape index (κ1) is 9.45. The van der Waals surface area contributed by atoms with Crippen LogP contribution in [-0.2, 0) is 0 Å². The van der Waals surface area contributed by atoms with Gasteiger partial charge in [-0.25, -0.2) is 4.98 Å². The molecule has 4 heteroatoms. The lowest BCUT2D eigenvalue weighted by Gasteiger charge is -2.05. The van der Waals surface area contributed by atoms with Gasteiger partial charge in [-0.2, -0.15) is 0 Å². The van der Waals surface area contributed by atoms with E-state index in [0.29, 0.717) is 17.3 Å². The highest BCUT2D eigenvalue weighted by Gasteiger charge is 2.00. The number of hydrogen-bond donors (Lipinski definition) is 1. The van der Waals surface area contributed by atoms with Crippen molar-refractivity contribution < 1.29 is 4.74 Å². The number of nitrogen functional groups attached to an aromatic ring is 1. The van der Waals surface area contributed by atoms with Crippen molar-refractivity contribution in [1.82, 2.24) is 9.97 Å². The zero-order valence-electron chi connectivity index (χ0n) is 8.34. The second kappa shape index (κ2) is 3.96. The average Bonchev–Trinajstić information content (AvgIpc) is 2.25. The van der Waals surface area contributed by atoms with E-state index in [2.05, 4.69) is 9.97 Å². The van der Waals surface area contributed by atoms with Crippen LogP contribution >= 0.6 is 0 Å². The Labute approximate surface area is 87.7 Å².